The van der Waals surface area contributed by atoms with E-state index in [4.69, 9.17) is 10.5 Å². The molecule has 1 spiro atoms. The van der Waals surface area contributed by atoms with Gasteiger partial charge in [0.1, 0.15) is 22.8 Å². The topological polar surface area (TPSA) is 148 Å². The summed E-state index contributed by atoms with van der Waals surface area (Å²) in [5, 5.41) is 23.7. The fourth-order valence-electron chi connectivity index (χ4n) is 4.30. The lowest BCUT2D eigenvalue weighted by Gasteiger charge is -2.41. The highest BCUT2D eigenvalue weighted by Crippen LogP contribution is 2.56. The Hall–Kier alpha value is -3.67. The zero-order valence-electron chi connectivity index (χ0n) is 15.2. The van der Waals surface area contributed by atoms with Crippen molar-refractivity contribution in [2.75, 3.05) is 5.32 Å². The average Bonchev–Trinajstić information content (AvgIpc) is 2.85. The maximum Gasteiger partial charge on any atom is 0.269 e. The molecule has 0 aromatic heterocycles. The fraction of sp³-hybridized carbons (Fsp3) is 0.316. The van der Waals surface area contributed by atoms with Gasteiger partial charge in [0.15, 0.2) is 5.78 Å². The quantitative estimate of drug-likeness (QED) is 0.560. The number of non-ortho nitro benzene ring substituents is 1. The summed E-state index contributed by atoms with van der Waals surface area (Å²) in [7, 11) is 0. The normalized spacial score (nSPS) is 25.0. The molecule has 4 rings (SSSR count). The minimum atomic E-state index is -1.85. The van der Waals surface area contributed by atoms with E-state index < -0.39 is 21.7 Å². The number of ether oxygens (including phenoxy) is 1. The SMILES string of the molecule is CC1(C)CC(=O)C2=C(C1)OC(N)=C(C#N)C21C(=O)Nc2ccc([N+](=O)[O-])cc21. The second kappa shape index (κ2) is 5.42. The number of ketones is 1. The minimum absolute atomic E-state index is 0.0364. The van der Waals surface area contributed by atoms with E-state index in [-0.39, 0.29) is 46.2 Å². The maximum absolute atomic E-state index is 13.2. The number of carbonyl (C=O) groups is 2. The zero-order chi connectivity index (χ0) is 20.4. The van der Waals surface area contributed by atoms with E-state index in [1.165, 1.54) is 18.2 Å². The first kappa shape index (κ1) is 17.7. The van der Waals surface area contributed by atoms with Crippen LogP contribution in [0.4, 0.5) is 11.4 Å². The minimum Gasteiger partial charge on any atom is -0.444 e. The third-order valence-electron chi connectivity index (χ3n) is 5.38. The molecular weight excluding hydrogens is 364 g/mol. The van der Waals surface area contributed by atoms with Crippen molar-refractivity contribution in [3.05, 3.63) is 56.7 Å². The van der Waals surface area contributed by atoms with Gasteiger partial charge in [0.25, 0.3) is 5.69 Å². The van der Waals surface area contributed by atoms with Crippen LogP contribution in [0.1, 0.15) is 32.3 Å². The zero-order valence-corrected chi connectivity index (χ0v) is 15.2. The summed E-state index contributed by atoms with van der Waals surface area (Å²) in [5.74, 6) is -1.04. The lowest BCUT2D eigenvalue weighted by molar-refractivity contribution is -0.384. The van der Waals surface area contributed by atoms with E-state index in [9.17, 15) is 25.0 Å². The molecule has 1 atom stereocenters. The smallest absolute Gasteiger partial charge is 0.269 e. The first-order chi connectivity index (χ1) is 13.1. The largest absolute Gasteiger partial charge is 0.444 e. The van der Waals surface area contributed by atoms with Crippen molar-refractivity contribution >= 4 is 23.1 Å². The number of amides is 1. The summed E-state index contributed by atoms with van der Waals surface area (Å²) in [5.41, 5.74) is 3.71. The number of benzene rings is 1. The Morgan fingerprint density at radius 2 is 2.04 bits per heavy atom. The van der Waals surface area contributed by atoms with Crippen LogP contribution < -0.4 is 11.1 Å². The van der Waals surface area contributed by atoms with Gasteiger partial charge in [-0.05, 0) is 11.5 Å². The predicted octanol–water partition coefficient (Wildman–Crippen LogP) is 2.15. The van der Waals surface area contributed by atoms with Gasteiger partial charge in [-0.3, -0.25) is 19.7 Å². The number of rotatable bonds is 1. The van der Waals surface area contributed by atoms with Crippen LogP contribution in [-0.4, -0.2) is 16.6 Å². The van der Waals surface area contributed by atoms with Crippen molar-refractivity contribution in [3.63, 3.8) is 0 Å². The molecule has 9 nitrogen and oxygen atoms in total. The number of Topliss-reactive ketones (excluding diaryl/α,β-unsaturated/α-hetero) is 1. The molecule has 1 aliphatic carbocycles. The monoisotopic (exact) mass is 380 g/mol. The molecule has 3 aliphatic rings. The average molecular weight is 380 g/mol. The molecule has 2 heterocycles. The van der Waals surface area contributed by atoms with Crippen molar-refractivity contribution in [1.29, 1.82) is 5.26 Å². The summed E-state index contributed by atoms with van der Waals surface area (Å²) >= 11 is 0. The third-order valence-corrected chi connectivity index (χ3v) is 5.38. The van der Waals surface area contributed by atoms with Gasteiger partial charge in [-0.1, -0.05) is 13.8 Å². The number of nitrogens with one attached hydrogen (secondary N) is 1. The Labute approximate surface area is 159 Å². The van der Waals surface area contributed by atoms with E-state index in [1.807, 2.05) is 19.9 Å². The Morgan fingerprint density at radius 1 is 1.32 bits per heavy atom. The van der Waals surface area contributed by atoms with Crippen molar-refractivity contribution in [1.82, 2.24) is 0 Å². The standard InChI is InChI=1S/C19H16N4O5/c1-18(2)6-13(24)15-14(7-18)28-16(21)11(8-20)19(15)10-5-9(23(26)27)3-4-12(10)22-17(19)25/h3-5H,6-7,21H2,1-2H3,(H,22,25). The van der Waals surface area contributed by atoms with Gasteiger partial charge in [-0.25, -0.2) is 0 Å². The van der Waals surface area contributed by atoms with Crippen molar-refractivity contribution < 1.29 is 19.2 Å². The molecule has 0 radical (unpaired) electrons. The number of anilines is 1. The summed E-state index contributed by atoms with van der Waals surface area (Å²) < 4.78 is 5.61. The molecule has 0 saturated carbocycles. The van der Waals surface area contributed by atoms with E-state index in [2.05, 4.69) is 5.32 Å². The number of carbonyl (C=O) groups excluding carboxylic acids is 2. The van der Waals surface area contributed by atoms with Crippen LogP contribution in [0.2, 0.25) is 0 Å². The highest BCUT2D eigenvalue weighted by molar-refractivity contribution is 6.19. The van der Waals surface area contributed by atoms with Crippen LogP contribution in [0, 0.1) is 26.9 Å². The molecule has 9 heteroatoms. The van der Waals surface area contributed by atoms with Crippen LogP contribution in [0.3, 0.4) is 0 Å². The summed E-state index contributed by atoms with van der Waals surface area (Å²) in [6.45, 7) is 3.77. The number of nitro benzene ring substituents is 1. The molecule has 1 amide bonds. The lowest BCUT2D eigenvalue weighted by atomic mass is 9.62. The Bertz CT molecular complexity index is 1090. The molecular formula is C19H16N4O5. The molecule has 1 aromatic rings. The third kappa shape index (κ3) is 2.11. The second-order valence-corrected chi connectivity index (χ2v) is 7.88. The van der Waals surface area contributed by atoms with Crippen molar-refractivity contribution in [2.45, 2.75) is 32.1 Å². The van der Waals surface area contributed by atoms with Crippen LogP contribution in [0.15, 0.2) is 41.0 Å². The molecule has 0 fully saturated rings. The number of nitriles is 1. The van der Waals surface area contributed by atoms with Gasteiger partial charge in [-0.2, -0.15) is 5.26 Å². The Balaban J connectivity index is 2.10. The van der Waals surface area contributed by atoms with Gasteiger partial charge >= 0.3 is 0 Å². The number of allylic oxidation sites excluding steroid dienone is 1. The Morgan fingerprint density at radius 3 is 2.68 bits per heavy atom. The van der Waals surface area contributed by atoms with E-state index in [0.717, 1.165) is 0 Å². The molecule has 0 saturated heterocycles. The number of hydrogen-bond donors (Lipinski definition) is 2. The second-order valence-electron chi connectivity index (χ2n) is 7.88. The van der Waals surface area contributed by atoms with Crippen LogP contribution >= 0.6 is 0 Å². The number of nitro groups is 1. The van der Waals surface area contributed by atoms with Gasteiger partial charge < -0.3 is 15.8 Å². The number of hydrogen-bond acceptors (Lipinski definition) is 7. The van der Waals surface area contributed by atoms with Gasteiger partial charge in [-0.15, -0.1) is 0 Å². The molecule has 3 N–H and O–H groups in total. The van der Waals surface area contributed by atoms with E-state index in [0.29, 0.717) is 12.1 Å². The van der Waals surface area contributed by atoms with E-state index in [1.54, 1.807) is 0 Å². The maximum atomic E-state index is 13.2. The van der Waals surface area contributed by atoms with E-state index >= 15 is 0 Å². The highest BCUT2D eigenvalue weighted by Gasteiger charge is 2.61. The molecule has 2 aliphatic heterocycles. The lowest BCUT2D eigenvalue weighted by Crippen LogP contribution is -2.48. The molecule has 142 valence electrons. The van der Waals surface area contributed by atoms with Crippen molar-refractivity contribution in [3.8, 4) is 6.07 Å². The fourth-order valence-corrected chi connectivity index (χ4v) is 4.30. The van der Waals surface area contributed by atoms with Crippen LogP contribution in [-0.2, 0) is 19.7 Å². The summed E-state index contributed by atoms with van der Waals surface area (Å²) in [6.07, 6.45) is 0.486. The molecule has 1 unspecified atom stereocenters. The van der Waals surface area contributed by atoms with Crippen molar-refractivity contribution in [2.24, 2.45) is 11.1 Å². The summed E-state index contributed by atoms with van der Waals surface area (Å²) in [4.78, 5) is 37.0. The number of fused-ring (bicyclic) bond motifs is 3. The highest BCUT2D eigenvalue weighted by atomic mass is 16.6. The molecule has 0 bridgehead atoms. The van der Waals surface area contributed by atoms with Gasteiger partial charge in [0, 0.05) is 36.2 Å². The molecule has 1 aromatic carbocycles. The van der Waals surface area contributed by atoms with Gasteiger partial charge in [0.2, 0.25) is 11.8 Å². The van der Waals surface area contributed by atoms with Crippen LogP contribution in [0.5, 0.6) is 0 Å². The molecule has 28 heavy (non-hydrogen) atoms. The van der Waals surface area contributed by atoms with Gasteiger partial charge in [0.05, 0.1) is 10.5 Å². The first-order valence-electron chi connectivity index (χ1n) is 8.57. The predicted molar refractivity (Wildman–Crippen MR) is 96.4 cm³/mol. The number of nitrogens with two attached hydrogens (primary N) is 1. The summed E-state index contributed by atoms with van der Waals surface area (Å²) in [6, 6.07) is 5.74. The Kier molecular flexibility index (Phi) is 3.43. The van der Waals surface area contributed by atoms with Crippen LogP contribution in [0.25, 0.3) is 0 Å². The number of nitrogens with zero attached hydrogens (tertiary/aromatic N) is 2. The first-order valence-corrected chi connectivity index (χ1v) is 8.57.